The highest BCUT2D eigenvalue weighted by Gasteiger charge is 2.35. The molecule has 0 saturated carbocycles. The van der Waals surface area contributed by atoms with Gasteiger partial charge in [-0.15, -0.1) is 0 Å². The summed E-state index contributed by atoms with van der Waals surface area (Å²) in [5, 5.41) is 19.4. The molecule has 120 valence electrons. The maximum absolute atomic E-state index is 11.9. The molecule has 2 aromatic rings. The average molecular weight is 320 g/mol. The van der Waals surface area contributed by atoms with Crippen LogP contribution in [0.3, 0.4) is 0 Å². The average Bonchev–Trinajstić information content (AvgIpc) is 2.61. The van der Waals surface area contributed by atoms with Gasteiger partial charge in [-0.2, -0.15) is 0 Å². The van der Waals surface area contributed by atoms with E-state index in [1.54, 1.807) is 36.4 Å². The molecule has 4 nitrogen and oxygen atoms in total. The highest BCUT2D eigenvalue weighted by Crippen LogP contribution is 2.40. The maximum Gasteiger partial charge on any atom is 0.333 e. The van der Waals surface area contributed by atoms with E-state index in [0.29, 0.717) is 0 Å². The fraction of sp³-hybridized carbons (Fsp3) is 0.100. The summed E-state index contributed by atoms with van der Waals surface area (Å²) in [5.41, 5.74) is 1.36. The molecule has 0 spiro atoms. The zero-order valence-electron chi connectivity index (χ0n) is 12.8. The minimum absolute atomic E-state index is 0.0787. The summed E-state index contributed by atoms with van der Waals surface area (Å²) in [6.07, 6.45) is 3.56. The van der Waals surface area contributed by atoms with Gasteiger partial charge in [0.25, 0.3) is 0 Å². The molecule has 0 aliphatic heterocycles. The third-order valence-electron chi connectivity index (χ3n) is 4.19. The monoisotopic (exact) mass is 320 g/mol. The highest BCUT2D eigenvalue weighted by molar-refractivity contribution is 6.02. The van der Waals surface area contributed by atoms with Crippen molar-refractivity contribution in [1.29, 1.82) is 0 Å². The molecule has 0 aromatic heterocycles. The molecule has 0 amide bonds. The summed E-state index contributed by atoms with van der Waals surface area (Å²) in [5.74, 6) is -3.55. The summed E-state index contributed by atoms with van der Waals surface area (Å²) < 4.78 is 0. The van der Waals surface area contributed by atoms with Crippen molar-refractivity contribution < 1.29 is 19.8 Å². The van der Waals surface area contributed by atoms with E-state index in [2.05, 4.69) is 0 Å². The number of aliphatic carboxylic acids is 2. The van der Waals surface area contributed by atoms with Crippen molar-refractivity contribution in [2.45, 2.75) is 11.8 Å². The quantitative estimate of drug-likeness (QED) is 0.844. The van der Waals surface area contributed by atoms with Crippen molar-refractivity contribution in [2.75, 3.05) is 0 Å². The van der Waals surface area contributed by atoms with Crippen molar-refractivity contribution in [3.63, 3.8) is 0 Å². The number of carbonyl (C=O) groups is 2. The lowest BCUT2D eigenvalue weighted by molar-refractivity contribution is -0.136. The fourth-order valence-corrected chi connectivity index (χ4v) is 3.12. The van der Waals surface area contributed by atoms with Gasteiger partial charge >= 0.3 is 11.9 Å². The van der Waals surface area contributed by atoms with Gasteiger partial charge in [0.15, 0.2) is 0 Å². The Bertz CT molecular complexity index is 750. The van der Waals surface area contributed by atoms with Gasteiger partial charge in [-0.05, 0) is 11.1 Å². The summed E-state index contributed by atoms with van der Waals surface area (Å²) in [6, 6.07) is 18.1. The molecule has 0 bridgehead atoms. The Labute approximate surface area is 139 Å². The SMILES string of the molecule is O=C(O)C1=C(C(=O)O)[C@H](c2ccccc2)C=C[C@H]1c1ccccc1. The normalized spacial score (nSPS) is 20.0. The molecule has 0 fully saturated rings. The molecule has 24 heavy (non-hydrogen) atoms. The predicted molar refractivity (Wildman–Crippen MR) is 89.8 cm³/mol. The molecular formula is C20H16O4. The first-order valence-corrected chi connectivity index (χ1v) is 7.58. The highest BCUT2D eigenvalue weighted by atomic mass is 16.4. The Morgan fingerprint density at radius 3 is 1.25 bits per heavy atom. The lowest BCUT2D eigenvalue weighted by Crippen LogP contribution is -2.23. The molecule has 2 aromatic carbocycles. The largest absolute Gasteiger partial charge is 0.478 e. The molecule has 1 aliphatic rings. The van der Waals surface area contributed by atoms with Gasteiger partial charge in [-0.1, -0.05) is 72.8 Å². The number of carboxylic acids is 2. The molecule has 3 rings (SSSR count). The second kappa shape index (κ2) is 6.54. The predicted octanol–water partition coefficient (Wildman–Crippen LogP) is 3.59. The molecular weight excluding hydrogens is 304 g/mol. The minimum atomic E-state index is -1.20. The van der Waals surface area contributed by atoms with Crippen molar-refractivity contribution in [2.24, 2.45) is 0 Å². The van der Waals surface area contributed by atoms with Gasteiger partial charge in [0, 0.05) is 11.8 Å². The molecule has 0 unspecified atom stereocenters. The zero-order chi connectivity index (χ0) is 17.1. The van der Waals surface area contributed by atoms with Crippen molar-refractivity contribution in [3.05, 3.63) is 95.1 Å². The summed E-state index contributed by atoms with van der Waals surface area (Å²) in [6.45, 7) is 0. The van der Waals surface area contributed by atoms with Gasteiger partial charge in [0.2, 0.25) is 0 Å². The van der Waals surface area contributed by atoms with Crippen LogP contribution in [0.15, 0.2) is 84.0 Å². The first-order chi connectivity index (χ1) is 11.6. The standard InChI is InChI=1S/C20H16O4/c21-19(22)17-15(13-7-3-1-4-8-13)11-12-16(18(17)20(23)24)14-9-5-2-6-10-14/h1-12,15-16H,(H,21,22)(H,23,24)/t15-,16-/m0/s1. The Kier molecular flexibility index (Phi) is 4.29. The molecule has 2 atom stereocenters. The van der Waals surface area contributed by atoms with Crippen LogP contribution < -0.4 is 0 Å². The number of rotatable bonds is 4. The van der Waals surface area contributed by atoms with Gasteiger partial charge in [-0.3, -0.25) is 0 Å². The second-order valence-corrected chi connectivity index (χ2v) is 5.60. The molecule has 0 radical (unpaired) electrons. The number of carboxylic acid groups (broad SMARTS) is 2. The van der Waals surface area contributed by atoms with Crippen LogP contribution in [0.1, 0.15) is 23.0 Å². The smallest absolute Gasteiger partial charge is 0.333 e. The van der Waals surface area contributed by atoms with E-state index in [1.807, 2.05) is 36.4 Å². The fourth-order valence-electron chi connectivity index (χ4n) is 3.12. The Morgan fingerprint density at radius 2 is 0.958 bits per heavy atom. The van der Waals surface area contributed by atoms with E-state index in [4.69, 9.17) is 0 Å². The number of allylic oxidation sites excluding steroid dienone is 2. The Morgan fingerprint density at radius 1 is 0.625 bits per heavy atom. The van der Waals surface area contributed by atoms with Gasteiger partial charge in [-0.25, -0.2) is 9.59 Å². The number of benzene rings is 2. The van der Waals surface area contributed by atoms with Crippen LogP contribution in [0.4, 0.5) is 0 Å². The third kappa shape index (κ3) is 2.86. The van der Waals surface area contributed by atoms with Crippen LogP contribution in [0, 0.1) is 0 Å². The minimum Gasteiger partial charge on any atom is -0.478 e. The molecule has 0 saturated heterocycles. The topological polar surface area (TPSA) is 74.6 Å². The summed E-state index contributed by atoms with van der Waals surface area (Å²) in [4.78, 5) is 23.7. The Hall–Kier alpha value is -3.14. The lowest BCUT2D eigenvalue weighted by atomic mass is 9.76. The van der Waals surface area contributed by atoms with E-state index in [0.717, 1.165) is 11.1 Å². The van der Waals surface area contributed by atoms with E-state index in [-0.39, 0.29) is 11.1 Å². The molecule has 1 aliphatic carbocycles. The van der Waals surface area contributed by atoms with Gasteiger partial charge in [0.05, 0.1) is 11.1 Å². The summed E-state index contributed by atoms with van der Waals surface area (Å²) >= 11 is 0. The lowest BCUT2D eigenvalue weighted by Gasteiger charge is -2.26. The Balaban J connectivity index is 2.17. The second-order valence-electron chi connectivity index (χ2n) is 5.60. The summed E-state index contributed by atoms with van der Waals surface area (Å²) in [7, 11) is 0. The maximum atomic E-state index is 11.9. The van der Waals surface area contributed by atoms with Crippen LogP contribution >= 0.6 is 0 Å². The van der Waals surface area contributed by atoms with E-state index < -0.39 is 23.8 Å². The molecule has 2 N–H and O–H groups in total. The van der Waals surface area contributed by atoms with Gasteiger partial charge < -0.3 is 10.2 Å². The first-order valence-electron chi connectivity index (χ1n) is 7.58. The molecule has 0 heterocycles. The van der Waals surface area contributed by atoms with Crippen LogP contribution in [-0.2, 0) is 9.59 Å². The van der Waals surface area contributed by atoms with Gasteiger partial charge in [0.1, 0.15) is 0 Å². The third-order valence-corrected chi connectivity index (χ3v) is 4.19. The number of hydrogen-bond acceptors (Lipinski definition) is 2. The van der Waals surface area contributed by atoms with E-state index in [1.165, 1.54) is 0 Å². The van der Waals surface area contributed by atoms with Crippen LogP contribution in [0.2, 0.25) is 0 Å². The molecule has 4 heteroatoms. The van der Waals surface area contributed by atoms with Crippen molar-refractivity contribution in [3.8, 4) is 0 Å². The van der Waals surface area contributed by atoms with Crippen molar-refractivity contribution in [1.82, 2.24) is 0 Å². The van der Waals surface area contributed by atoms with Crippen LogP contribution in [0.5, 0.6) is 0 Å². The van der Waals surface area contributed by atoms with Crippen LogP contribution in [0.25, 0.3) is 0 Å². The zero-order valence-corrected chi connectivity index (χ0v) is 12.8. The van der Waals surface area contributed by atoms with E-state index >= 15 is 0 Å². The number of hydrogen-bond donors (Lipinski definition) is 2. The van der Waals surface area contributed by atoms with Crippen molar-refractivity contribution >= 4 is 11.9 Å². The van der Waals surface area contributed by atoms with E-state index in [9.17, 15) is 19.8 Å². The first kappa shape index (κ1) is 15.7. The van der Waals surface area contributed by atoms with Crippen LogP contribution in [-0.4, -0.2) is 22.2 Å².